The van der Waals surface area contributed by atoms with Gasteiger partial charge in [0.1, 0.15) is 5.82 Å². The Labute approximate surface area is 148 Å². The Hall–Kier alpha value is -1.91. The van der Waals surface area contributed by atoms with Crippen LogP contribution in [0.4, 0.5) is 4.39 Å². The number of hydrogen-bond donors (Lipinski definition) is 1. The van der Waals surface area contributed by atoms with E-state index in [1.165, 1.54) is 6.07 Å². The summed E-state index contributed by atoms with van der Waals surface area (Å²) in [5.41, 5.74) is 2.01. The third kappa shape index (κ3) is 5.62. The van der Waals surface area contributed by atoms with Crippen molar-refractivity contribution in [2.24, 2.45) is 0 Å². The van der Waals surface area contributed by atoms with Gasteiger partial charge in [-0.1, -0.05) is 30.3 Å². The maximum atomic E-state index is 13.6. The van der Waals surface area contributed by atoms with E-state index in [-0.39, 0.29) is 24.1 Å². The number of carboxylic acid groups (broad SMARTS) is 1. The molecule has 0 bridgehead atoms. The fourth-order valence-corrected chi connectivity index (χ4v) is 2.73. The molecule has 1 atom stereocenters. The number of aromatic carboxylic acids is 1. The molecule has 2 aromatic carbocycles. The van der Waals surface area contributed by atoms with Gasteiger partial charge in [-0.05, 0) is 68.7 Å². The summed E-state index contributed by atoms with van der Waals surface area (Å²) in [5.74, 6) is -1.11. The first-order valence-corrected chi connectivity index (χ1v) is 7.68. The van der Waals surface area contributed by atoms with Gasteiger partial charge < -0.3 is 10.0 Å². The zero-order valence-corrected chi connectivity index (χ0v) is 14.7. The van der Waals surface area contributed by atoms with Crippen LogP contribution in [0.1, 0.15) is 33.8 Å². The topological polar surface area (TPSA) is 40.5 Å². The summed E-state index contributed by atoms with van der Waals surface area (Å²) in [4.78, 5) is 13.5. The second kappa shape index (κ2) is 9.40. The number of carbonyl (C=O) groups is 1. The molecule has 1 N–H and O–H groups in total. The van der Waals surface area contributed by atoms with Crippen LogP contribution in [0, 0.1) is 5.82 Å². The van der Waals surface area contributed by atoms with Crippen LogP contribution in [0.3, 0.4) is 0 Å². The molecule has 0 radical (unpaired) electrons. The molecule has 24 heavy (non-hydrogen) atoms. The number of carboxylic acids is 1. The Morgan fingerprint density at radius 1 is 1.17 bits per heavy atom. The molecular weight excluding hydrogens is 329 g/mol. The molecule has 0 saturated heterocycles. The Morgan fingerprint density at radius 3 is 2.50 bits per heavy atom. The minimum absolute atomic E-state index is 0. The Morgan fingerprint density at radius 2 is 1.88 bits per heavy atom. The van der Waals surface area contributed by atoms with Gasteiger partial charge in [0.25, 0.3) is 0 Å². The molecule has 5 heteroatoms. The second-order valence-corrected chi connectivity index (χ2v) is 6.01. The first-order chi connectivity index (χ1) is 11.0. The van der Waals surface area contributed by atoms with Crippen LogP contribution in [0.25, 0.3) is 0 Å². The van der Waals surface area contributed by atoms with Gasteiger partial charge in [-0.25, -0.2) is 9.18 Å². The normalized spacial score (nSPS) is 11.8. The van der Waals surface area contributed by atoms with Gasteiger partial charge in [0, 0.05) is 0 Å². The van der Waals surface area contributed by atoms with E-state index in [9.17, 15) is 14.3 Å². The Bertz CT molecular complexity index is 676. The standard InChI is InChI=1S/C19H22FNO2.ClH/c1-21(2)11-10-15(14-7-5-8-17(20)13-14)12-16-6-3-4-9-18(16)19(22)23;/h3-9,13,15H,10-12H2,1-2H3,(H,22,23);1H. The largest absolute Gasteiger partial charge is 0.478 e. The van der Waals surface area contributed by atoms with Crippen molar-refractivity contribution in [1.82, 2.24) is 4.90 Å². The molecule has 0 fully saturated rings. The third-order valence-electron chi connectivity index (χ3n) is 3.96. The van der Waals surface area contributed by atoms with E-state index in [2.05, 4.69) is 4.90 Å². The molecule has 0 aromatic heterocycles. The molecule has 0 heterocycles. The fraction of sp³-hybridized carbons (Fsp3) is 0.316. The van der Waals surface area contributed by atoms with E-state index >= 15 is 0 Å². The van der Waals surface area contributed by atoms with Gasteiger partial charge in [0.05, 0.1) is 5.56 Å². The SMILES string of the molecule is CN(C)CCC(Cc1ccccc1C(=O)O)c1cccc(F)c1.Cl. The van der Waals surface area contributed by atoms with Crippen molar-refractivity contribution in [3.05, 3.63) is 71.0 Å². The van der Waals surface area contributed by atoms with Gasteiger partial charge in [0.15, 0.2) is 0 Å². The number of benzene rings is 2. The Kier molecular flexibility index (Phi) is 7.89. The van der Waals surface area contributed by atoms with E-state index < -0.39 is 5.97 Å². The van der Waals surface area contributed by atoms with Crippen molar-refractivity contribution in [3.8, 4) is 0 Å². The van der Waals surface area contributed by atoms with Crippen LogP contribution in [0.5, 0.6) is 0 Å². The maximum absolute atomic E-state index is 13.6. The molecule has 2 rings (SSSR count). The lowest BCUT2D eigenvalue weighted by atomic mass is 9.87. The summed E-state index contributed by atoms with van der Waals surface area (Å²) in [6, 6.07) is 13.6. The predicted octanol–water partition coefficient (Wildman–Crippen LogP) is 4.22. The minimum atomic E-state index is -0.925. The van der Waals surface area contributed by atoms with Crippen molar-refractivity contribution in [1.29, 1.82) is 0 Å². The van der Waals surface area contributed by atoms with Gasteiger partial charge in [-0.3, -0.25) is 0 Å². The van der Waals surface area contributed by atoms with E-state index in [0.717, 1.165) is 24.1 Å². The highest BCUT2D eigenvalue weighted by Crippen LogP contribution is 2.26. The summed E-state index contributed by atoms with van der Waals surface area (Å²) < 4.78 is 13.6. The molecule has 130 valence electrons. The van der Waals surface area contributed by atoms with Crippen LogP contribution in [-0.4, -0.2) is 36.6 Å². The molecule has 0 spiro atoms. The van der Waals surface area contributed by atoms with Crippen molar-refractivity contribution < 1.29 is 14.3 Å². The molecular formula is C19H23ClFNO2. The summed E-state index contributed by atoms with van der Waals surface area (Å²) in [5, 5.41) is 9.34. The van der Waals surface area contributed by atoms with E-state index in [4.69, 9.17) is 0 Å². The van der Waals surface area contributed by atoms with E-state index in [1.807, 2.05) is 32.3 Å². The van der Waals surface area contributed by atoms with Crippen molar-refractivity contribution in [3.63, 3.8) is 0 Å². The number of halogens is 2. The number of nitrogens with zero attached hydrogens (tertiary/aromatic N) is 1. The number of rotatable bonds is 7. The van der Waals surface area contributed by atoms with Crippen LogP contribution in [-0.2, 0) is 6.42 Å². The summed E-state index contributed by atoms with van der Waals surface area (Å²) in [6.45, 7) is 0.858. The molecule has 1 unspecified atom stereocenters. The quantitative estimate of drug-likeness (QED) is 0.811. The molecule has 0 aliphatic heterocycles. The van der Waals surface area contributed by atoms with Gasteiger partial charge in [0.2, 0.25) is 0 Å². The first-order valence-electron chi connectivity index (χ1n) is 7.68. The lowest BCUT2D eigenvalue weighted by molar-refractivity contribution is 0.0695. The molecule has 0 aliphatic carbocycles. The van der Waals surface area contributed by atoms with Crippen LogP contribution < -0.4 is 0 Å². The highest BCUT2D eigenvalue weighted by molar-refractivity contribution is 5.89. The monoisotopic (exact) mass is 351 g/mol. The molecule has 0 aliphatic rings. The van der Waals surface area contributed by atoms with Crippen LogP contribution >= 0.6 is 12.4 Å². The zero-order chi connectivity index (χ0) is 16.8. The van der Waals surface area contributed by atoms with E-state index in [1.54, 1.807) is 24.3 Å². The zero-order valence-electron chi connectivity index (χ0n) is 13.9. The highest BCUT2D eigenvalue weighted by Gasteiger charge is 2.17. The molecule has 2 aromatic rings. The first kappa shape index (κ1) is 20.1. The van der Waals surface area contributed by atoms with Gasteiger partial charge >= 0.3 is 5.97 Å². The van der Waals surface area contributed by atoms with Gasteiger partial charge in [-0.2, -0.15) is 0 Å². The fourth-order valence-electron chi connectivity index (χ4n) is 2.73. The molecule has 3 nitrogen and oxygen atoms in total. The minimum Gasteiger partial charge on any atom is -0.478 e. The van der Waals surface area contributed by atoms with E-state index in [0.29, 0.717) is 12.0 Å². The lowest BCUT2D eigenvalue weighted by Crippen LogP contribution is -2.18. The predicted molar refractivity (Wildman–Crippen MR) is 96.7 cm³/mol. The lowest BCUT2D eigenvalue weighted by Gasteiger charge is -2.21. The summed E-state index contributed by atoms with van der Waals surface area (Å²) in [6.07, 6.45) is 1.42. The second-order valence-electron chi connectivity index (χ2n) is 6.01. The van der Waals surface area contributed by atoms with Crippen LogP contribution in [0.15, 0.2) is 48.5 Å². The summed E-state index contributed by atoms with van der Waals surface area (Å²) in [7, 11) is 3.99. The summed E-state index contributed by atoms with van der Waals surface area (Å²) >= 11 is 0. The molecule has 0 saturated carbocycles. The van der Waals surface area contributed by atoms with Crippen molar-refractivity contribution >= 4 is 18.4 Å². The average Bonchev–Trinajstić information content (AvgIpc) is 2.51. The van der Waals surface area contributed by atoms with Crippen molar-refractivity contribution in [2.45, 2.75) is 18.8 Å². The number of hydrogen-bond acceptors (Lipinski definition) is 2. The van der Waals surface area contributed by atoms with Crippen molar-refractivity contribution in [2.75, 3.05) is 20.6 Å². The average molecular weight is 352 g/mol. The third-order valence-corrected chi connectivity index (χ3v) is 3.96. The van der Waals surface area contributed by atoms with Crippen LogP contribution in [0.2, 0.25) is 0 Å². The van der Waals surface area contributed by atoms with Gasteiger partial charge in [-0.15, -0.1) is 12.4 Å². The smallest absolute Gasteiger partial charge is 0.335 e. The Balaban J connectivity index is 0.00000288. The molecule has 0 amide bonds. The highest BCUT2D eigenvalue weighted by atomic mass is 35.5. The maximum Gasteiger partial charge on any atom is 0.335 e.